The number of carbonyl (C=O) groups excluding carboxylic acids is 4. The minimum atomic E-state index is -0.594. The predicted molar refractivity (Wildman–Crippen MR) is 440 cm³/mol. The fourth-order valence-corrected chi connectivity index (χ4v) is 8.77. The molecule has 8 N–H and O–H groups in total. The zero-order chi connectivity index (χ0) is 80.5. The molecule has 0 radical (unpaired) electrons. The lowest BCUT2D eigenvalue weighted by molar-refractivity contribution is -0.385. The largest absolute Gasteiger partial charge is 0.508 e. The van der Waals surface area contributed by atoms with E-state index in [1.54, 1.807) is 185 Å². The van der Waals surface area contributed by atoms with Crippen LogP contribution < -0.4 is 41.2 Å². The Balaban J connectivity index is -0.00000135. The van der Waals surface area contributed by atoms with Crippen LogP contribution in [0, 0.1) is 30.3 Å². The number of alkyl carbamates (subject to hydrolysis) is 4. The normalized spacial score (nSPS) is 11.6. The summed E-state index contributed by atoms with van der Waals surface area (Å²) >= 11 is 0. The van der Waals surface area contributed by atoms with Gasteiger partial charge in [0, 0.05) is 105 Å². The molecule has 630 valence electrons. The molecule has 113 heavy (non-hydrogen) atoms. The summed E-state index contributed by atoms with van der Waals surface area (Å²) < 4.78 is 44.2. The van der Waals surface area contributed by atoms with Gasteiger partial charge >= 0.3 is 24.4 Å². The van der Waals surface area contributed by atoms with Gasteiger partial charge < -0.3 is 70.4 Å². The van der Waals surface area contributed by atoms with Gasteiger partial charge in [0.1, 0.15) is 65.2 Å². The number of carbonyl (C=O) groups is 4. The number of nitrogens with two attached hydrogens (primary N) is 1. The van der Waals surface area contributed by atoms with Crippen molar-refractivity contribution in [2.45, 2.75) is 202 Å². The van der Waals surface area contributed by atoms with Gasteiger partial charge in [0.2, 0.25) is 0 Å². The van der Waals surface area contributed by atoms with E-state index in [0.29, 0.717) is 46.2 Å². The summed E-state index contributed by atoms with van der Waals surface area (Å²) in [5, 5.41) is 77.9. The minimum Gasteiger partial charge on any atom is -0.508 e. The van der Waals surface area contributed by atoms with Crippen LogP contribution in [0.3, 0.4) is 0 Å². The first-order chi connectivity index (χ1) is 49.6. The van der Waals surface area contributed by atoms with Crippen molar-refractivity contribution >= 4 is 47.1 Å². The number of phenolic OH excluding ortho intramolecular Hbond substituents is 1. The molecule has 4 aromatic heterocycles. The maximum Gasteiger partial charge on any atom is 0.407 e. The summed E-state index contributed by atoms with van der Waals surface area (Å²) in [4.78, 5) is 77.8. The Morgan fingerprint density at radius 2 is 0.637 bits per heavy atom. The summed E-state index contributed by atoms with van der Waals surface area (Å²) in [6.07, 6.45) is 11.7. The monoisotopic (exact) mass is 1590 g/mol. The highest BCUT2D eigenvalue weighted by atomic mass is 16.6. The summed E-state index contributed by atoms with van der Waals surface area (Å²) in [6, 6.07) is 17.3. The number of nitrogens with one attached hydrogen (secondary N) is 4. The zero-order valence-electron chi connectivity index (χ0n) is 64.0. The minimum absolute atomic E-state index is 0. The topological polar surface area (TPSA) is 448 Å². The SMILES string of the molecule is C.C.C.C.C.C.C[C@H](CO)NC(=O)OC(C)(C)C.C[C@H](COc1cc(-c2cnn(C)c2)cc([N+](=O)[O-])c1)NC(=O)OC(C)(C)C.C[C@H](COc1cc(-c2cnn(C)c2)cc([N+](=O)[O-])c1)NC(=O)OC(C)(C)C.C[C@H](COc1cc(N)cc(-c2cnn(C)c2)c1)NC(=O)OC(C)(C)C.Cn1cc(-c2cc(O)cc([N+](=O)[O-])c2)cn1. The number of nitrogen functional groups attached to an aromatic ring is 1. The van der Waals surface area contributed by atoms with Crippen molar-refractivity contribution in [3.05, 3.63) is 153 Å². The van der Waals surface area contributed by atoms with Crippen molar-refractivity contribution in [3.8, 4) is 67.5 Å². The molecule has 0 aliphatic carbocycles. The van der Waals surface area contributed by atoms with E-state index in [1.165, 1.54) is 36.4 Å². The van der Waals surface area contributed by atoms with E-state index in [0.717, 1.165) is 33.9 Å². The van der Waals surface area contributed by atoms with E-state index < -0.39 is 61.5 Å². The molecule has 8 aromatic rings. The standard InChI is InChI=1S/2C18H24N4O5.C18H26N4O3.C10H9N3O3.C8H17NO3.6CH4/c2*1-12(20-17(23)27-18(2,3)4)11-26-16-7-13(6-15(8-16)22(24)25)14-9-19-21(5)10-14;1-12(21-17(23)25-18(2,3)4)11-24-16-7-13(6-15(19)8-16)14-9-20-22(5)10-14;1-12-6-8(5-11-12)7-2-9(13(15)16)4-10(14)3-7;1-6(5-10)9-7(11)12-8(2,3)4;;;;;;/h2*6-10,12H,11H2,1-5H3,(H,20,23);6-10,12H,11,19H2,1-5H3,(H,21,23);2-6,14H,1H3;6,10H,5H2,1-4H3,(H,9,11);6*1H4/t3*12-;;6-;;;;;;/m111.1....../s1. The molecule has 4 aromatic carbocycles. The predicted octanol–water partition coefficient (Wildman–Crippen LogP) is 15.9. The fourth-order valence-electron chi connectivity index (χ4n) is 8.77. The average Bonchev–Trinajstić information content (AvgIpc) is 1.81. The third kappa shape index (κ3) is 41.0. The molecule has 0 saturated carbocycles. The number of nitrogens with zero attached hydrogens (tertiary/aromatic N) is 11. The van der Waals surface area contributed by atoms with E-state index in [4.69, 9.17) is 44.0 Å². The Kier molecular flexibility index (Phi) is 43.9. The average molecular weight is 1590 g/mol. The molecule has 8 rings (SSSR count). The number of benzene rings is 4. The Hall–Kier alpha value is -12.0. The first kappa shape index (κ1) is 105. The van der Waals surface area contributed by atoms with Crippen molar-refractivity contribution in [1.82, 2.24) is 60.4 Å². The van der Waals surface area contributed by atoms with Gasteiger partial charge in [-0.15, -0.1) is 0 Å². The van der Waals surface area contributed by atoms with Crippen molar-refractivity contribution in [3.63, 3.8) is 0 Å². The summed E-state index contributed by atoms with van der Waals surface area (Å²) in [5.74, 6) is 1.17. The molecule has 0 aliphatic rings. The van der Waals surface area contributed by atoms with Crippen LogP contribution in [0.1, 0.15) is 155 Å². The Labute approximate surface area is 664 Å². The molecule has 0 unspecified atom stereocenters. The van der Waals surface area contributed by atoms with Crippen molar-refractivity contribution in [2.24, 2.45) is 28.2 Å². The van der Waals surface area contributed by atoms with Crippen molar-refractivity contribution < 1.29 is 77.3 Å². The Morgan fingerprint density at radius 3 is 0.876 bits per heavy atom. The van der Waals surface area contributed by atoms with Gasteiger partial charge in [-0.25, -0.2) is 19.2 Å². The number of amides is 4. The second-order valence-electron chi connectivity index (χ2n) is 28.6. The Morgan fingerprint density at radius 1 is 0.398 bits per heavy atom. The molecule has 0 fully saturated rings. The van der Waals surface area contributed by atoms with E-state index >= 15 is 0 Å². The Bertz CT molecular complexity index is 4140. The maximum absolute atomic E-state index is 11.8. The highest BCUT2D eigenvalue weighted by Crippen LogP contribution is 2.33. The van der Waals surface area contributed by atoms with Crippen LogP contribution in [-0.4, -0.2) is 161 Å². The molecule has 0 saturated heterocycles. The number of non-ortho nitro benzene ring substituents is 3. The third-order valence-electron chi connectivity index (χ3n) is 13.2. The lowest BCUT2D eigenvalue weighted by Crippen LogP contribution is -2.40. The number of hydrogen-bond donors (Lipinski definition) is 7. The number of aromatic nitrogens is 8. The van der Waals surface area contributed by atoms with Gasteiger partial charge in [-0.3, -0.25) is 49.1 Å². The van der Waals surface area contributed by atoms with E-state index in [9.17, 15) is 54.6 Å². The van der Waals surface area contributed by atoms with E-state index in [2.05, 4.69) is 41.7 Å². The van der Waals surface area contributed by atoms with Crippen LogP contribution in [0.5, 0.6) is 23.0 Å². The molecule has 0 spiro atoms. The number of ether oxygens (including phenoxy) is 7. The molecular weight excluding hydrogens is 1460 g/mol. The molecule has 4 heterocycles. The number of nitro groups is 3. The van der Waals surface area contributed by atoms with Crippen LogP contribution in [0.25, 0.3) is 44.5 Å². The van der Waals surface area contributed by atoms with Crippen LogP contribution in [-0.2, 0) is 47.1 Å². The number of aliphatic hydroxyl groups excluding tert-OH is 1. The first-order valence-electron chi connectivity index (χ1n) is 33.5. The summed E-state index contributed by atoms with van der Waals surface area (Å²) in [6.45, 7) is 29.0. The third-order valence-corrected chi connectivity index (χ3v) is 13.2. The van der Waals surface area contributed by atoms with Gasteiger partial charge in [-0.1, -0.05) is 44.6 Å². The van der Waals surface area contributed by atoms with E-state index in [1.807, 2.05) is 53.1 Å². The maximum atomic E-state index is 11.8. The lowest BCUT2D eigenvalue weighted by Gasteiger charge is -2.22. The molecule has 4 amide bonds. The lowest BCUT2D eigenvalue weighted by atomic mass is 10.1. The summed E-state index contributed by atoms with van der Waals surface area (Å²) in [5.41, 5.74) is 9.96. The van der Waals surface area contributed by atoms with Crippen LogP contribution >= 0.6 is 0 Å². The second kappa shape index (κ2) is 47.2. The molecular formula is C78H124N16O19. The van der Waals surface area contributed by atoms with Gasteiger partial charge in [0.05, 0.1) is 88.5 Å². The number of aryl methyl sites for hydroxylation is 4. The van der Waals surface area contributed by atoms with Gasteiger partial charge in [0.15, 0.2) is 0 Å². The van der Waals surface area contributed by atoms with Gasteiger partial charge in [-0.2, -0.15) is 20.4 Å². The number of aromatic hydroxyl groups is 1. The van der Waals surface area contributed by atoms with Crippen LogP contribution in [0.2, 0.25) is 0 Å². The molecule has 35 heteroatoms. The number of aliphatic hydroxyl groups is 1. The highest BCUT2D eigenvalue weighted by Gasteiger charge is 2.24. The van der Waals surface area contributed by atoms with Crippen molar-refractivity contribution in [1.29, 1.82) is 0 Å². The summed E-state index contributed by atoms with van der Waals surface area (Å²) in [7, 11) is 7.14. The van der Waals surface area contributed by atoms with Crippen LogP contribution in [0.15, 0.2) is 122 Å². The van der Waals surface area contributed by atoms with Crippen molar-refractivity contribution in [2.75, 3.05) is 32.2 Å². The molecule has 4 atom stereocenters. The number of rotatable bonds is 21. The molecule has 0 aliphatic heterocycles. The number of hydrogen-bond acceptors (Lipinski definition) is 24. The van der Waals surface area contributed by atoms with E-state index in [-0.39, 0.29) is 111 Å². The van der Waals surface area contributed by atoms with Gasteiger partial charge in [-0.05, 0) is 163 Å². The smallest absolute Gasteiger partial charge is 0.407 e. The van der Waals surface area contributed by atoms with Gasteiger partial charge in [0.25, 0.3) is 17.1 Å². The number of phenols is 1. The highest BCUT2D eigenvalue weighted by molar-refractivity contribution is 5.72. The number of anilines is 1. The zero-order valence-corrected chi connectivity index (χ0v) is 64.0. The number of nitro benzene ring substituents is 3. The first-order valence-corrected chi connectivity index (χ1v) is 33.5. The van der Waals surface area contributed by atoms with Crippen LogP contribution in [0.4, 0.5) is 41.9 Å². The molecule has 35 nitrogen and oxygen atoms in total. The fraction of sp³-hybridized carbons (Fsp3) is 0.487. The quantitative estimate of drug-likeness (QED) is 0.0152. The molecule has 0 bridgehead atoms. The second-order valence-corrected chi connectivity index (χ2v) is 28.6.